The van der Waals surface area contributed by atoms with Gasteiger partial charge in [-0.15, -0.1) is 10.2 Å². The average molecular weight is 505 g/mol. The predicted molar refractivity (Wildman–Crippen MR) is 120 cm³/mol. The topological polar surface area (TPSA) is 95.7 Å². The van der Waals surface area contributed by atoms with Gasteiger partial charge in [-0.1, -0.05) is 46.6 Å². The number of nitrogens with one attached hydrogen (secondary N) is 1. The summed E-state index contributed by atoms with van der Waals surface area (Å²) in [5.41, 5.74) is 0.847. The number of methoxy groups -OCH3 is 3. The van der Waals surface area contributed by atoms with Crippen LogP contribution in [0.3, 0.4) is 0 Å². The molecule has 8 nitrogen and oxygen atoms in total. The first kappa shape index (κ1) is 23.3. The average Bonchev–Trinajstić information content (AvgIpc) is 3.22. The van der Waals surface area contributed by atoms with Gasteiger partial charge in [-0.3, -0.25) is 4.79 Å². The molecule has 3 aromatic rings. The molecule has 0 atom stereocenters. The Labute approximate surface area is 197 Å². The molecular weight excluding hydrogens is 489 g/mol. The summed E-state index contributed by atoms with van der Waals surface area (Å²) in [5.74, 6) is 1.20. The number of carbonyl (C=O) groups excluding carboxylic acids is 1. The van der Waals surface area contributed by atoms with E-state index in [2.05, 4.69) is 15.5 Å². The van der Waals surface area contributed by atoms with Gasteiger partial charge < -0.3 is 23.9 Å². The summed E-state index contributed by atoms with van der Waals surface area (Å²) >= 11 is 19.1. The summed E-state index contributed by atoms with van der Waals surface area (Å²) < 4.78 is 21.6. The molecular formula is C19H16Cl3N3O5S. The highest BCUT2D eigenvalue weighted by atomic mass is 35.5. The van der Waals surface area contributed by atoms with Crippen molar-refractivity contribution in [2.75, 3.05) is 32.4 Å². The largest absolute Gasteiger partial charge is 0.493 e. The summed E-state index contributed by atoms with van der Waals surface area (Å²) in [6, 6.07) is 6.33. The number of thioether (sulfide) groups is 1. The second-order valence-electron chi connectivity index (χ2n) is 5.87. The molecule has 3 rings (SSSR count). The maximum Gasteiger partial charge on any atom is 0.277 e. The Kier molecular flexibility index (Phi) is 7.77. The first-order valence-corrected chi connectivity index (χ1v) is 10.7. The number of rotatable bonds is 8. The van der Waals surface area contributed by atoms with E-state index in [4.69, 9.17) is 53.4 Å². The van der Waals surface area contributed by atoms with Crippen molar-refractivity contribution >= 4 is 58.2 Å². The minimum atomic E-state index is -0.358. The van der Waals surface area contributed by atoms with Gasteiger partial charge in [0.2, 0.25) is 17.5 Å². The summed E-state index contributed by atoms with van der Waals surface area (Å²) in [7, 11) is 4.53. The fourth-order valence-corrected chi connectivity index (χ4v) is 4.03. The Morgan fingerprint density at radius 3 is 2.16 bits per heavy atom. The zero-order chi connectivity index (χ0) is 22.5. The van der Waals surface area contributed by atoms with Crippen LogP contribution in [0.2, 0.25) is 15.1 Å². The lowest BCUT2D eigenvalue weighted by atomic mass is 10.2. The van der Waals surface area contributed by atoms with E-state index < -0.39 is 0 Å². The van der Waals surface area contributed by atoms with Crippen LogP contribution in [0.5, 0.6) is 17.2 Å². The maximum atomic E-state index is 12.3. The van der Waals surface area contributed by atoms with Crippen LogP contribution in [0.4, 0.5) is 5.69 Å². The van der Waals surface area contributed by atoms with Crippen molar-refractivity contribution in [2.45, 2.75) is 5.22 Å². The maximum absolute atomic E-state index is 12.3. The lowest BCUT2D eigenvalue weighted by Gasteiger charge is -2.12. The Morgan fingerprint density at radius 1 is 1.00 bits per heavy atom. The molecule has 0 saturated heterocycles. The van der Waals surface area contributed by atoms with Crippen LogP contribution in [-0.4, -0.2) is 43.2 Å². The van der Waals surface area contributed by atoms with E-state index in [0.717, 1.165) is 11.8 Å². The number of ether oxygens (including phenoxy) is 3. The molecule has 0 unspecified atom stereocenters. The summed E-state index contributed by atoms with van der Waals surface area (Å²) in [4.78, 5) is 12.3. The Bertz CT molecular complexity index is 1060. The molecule has 12 heteroatoms. The fourth-order valence-electron chi connectivity index (χ4n) is 2.55. The van der Waals surface area contributed by atoms with E-state index in [-0.39, 0.29) is 38.5 Å². The zero-order valence-electron chi connectivity index (χ0n) is 16.5. The lowest BCUT2D eigenvalue weighted by molar-refractivity contribution is -0.113. The third-order valence-corrected chi connectivity index (χ3v) is 5.55. The SMILES string of the molecule is COc1cc(-c2nnc(SCC(=O)Nc3c(Cl)cc(Cl)cc3Cl)o2)cc(OC)c1OC. The molecule has 0 bridgehead atoms. The number of aromatic nitrogens is 2. The third-order valence-electron chi connectivity index (χ3n) is 3.92. The van der Waals surface area contributed by atoms with Crippen LogP contribution in [0.1, 0.15) is 0 Å². The van der Waals surface area contributed by atoms with E-state index in [1.54, 1.807) is 12.1 Å². The van der Waals surface area contributed by atoms with Crippen LogP contribution in [0.25, 0.3) is 11.5 Å². The van der Waals surface area contributed by atoms with Gasteiger partial charge >= 0.3 is 0 Å². The predicted octanol–water partition coefficient (Wildman–Crippen LogP) is 5.45. The Balaban J connectivity index is 1.70. The molecule has 0 spiro atoms. The van der Waals surface area contributed by atoms with E-state index >= 15 is 0 Å². The van der Waals surface area contributed by atoms with E-state index in [1.807, 2.05) is 0 Å². The number of anilines is 1. The molecule has 0 aliphatic heterocycles. The molecule has 1 N–H and O–H groups in total. The van der Waals surface area contributed by atoms with E-state index in [1.165, 1.54) is 33.5 Å². The molecule has 2 aromatic carbocycles. The quantitative estimate of drug-likeness (QED) is 0.404. The number of carbonyl (C=O) groups is 1. The highest BCUT2D eigenvalue weighted by Crippen LogP contribution is 2.41. The summed E-state index contributed by atoms with van der Waals surface area (Å²) in [6.07, 6.45) is 0. The zero-order valence-corrected chi connectivity index (χ0v) is 19.6. The van der Waals surface area contributed by atoms with Gasteiger partial charge in [-0.2, -0.15) is 0 Å². The highest BCUT2D eigenvalue weighted by molar-refractivity contribution is 7.99. The number of hydrogen-bond donors (Lipinski definition) is 1. The van der Waals surface area contributed by atoms with Gasteiger partial charge in [0.05, 0.1) is 42.8 Å². The summed E-state index contributed by atoms with van der Waals surface area (Å²) in [6.45, 7) is 0. The third kappa shape index (κ3) is 5.48. The number of nitrogens with zero attached hydrogens (tertiary/aromatic N) is 2. The Hall–Kier alpha value is -2.33. The van der Waals surface area contributed by atoms with Crippen LogP contribution in [-0.2, 0) is 4.79 Å². The smallest absolute Gasteiger partial charge is 0.277 e. The van der Waals surface area contributed by atoms with Crippen molar-refractivity contribution in [3.05, 3.63) is 39.3 Å². The van der Waals surface area contributed by atoms with Gasteiger partial charge in [0.25, 0.3) is 5.22 Å². The number of benzene rings is 2. The van der Waals surface area contributed by atoms with Gasteiger partial charge in [0.15, 0.2) is 11.5 Å². The molecule has 0 radical (unpaired) electrons. The number of halogens is 3. The standard InChI is InChI=1S/C19H16Cl3N3O5S/c1-27-13-4-9(5-14(28-2)17(13)29-3)18-24-25-19(30-18)31-8-15(26)23-16-11(21)6-10(20)7-12(16)22/h4-7H,8H2,1-3H3,(H,23,26). The van der Waals surface area contributed by atoms with Crippen molar-refractivity contribution in [2.24, 2.45) is 0 Å². The van der Waals surface area contributed by atoms with Crippen molar-refractivity contribution in [1.29, 1.82) is 0 Å². The molecule has 0 aliphatic rings. The van der Waals surface area contributed by atoms with E-state index in [0.29, 0.717) is 27.8 Å². The lowest BCUT2D eigenvalue weighted by Crippen LogP contribution is -2.14. The molecule has 164 valence electrons. The molecule has 1 heterocycles. The first-order chi connectivity index (χ1) is 14.9. The van der Waals surface area contributed by atoms with Gasteiger partial charge in [0.1, 0.15) is 0 Å². The minimum absolute atomic E-state index is 0.00777. The Morgan fingerprint density at radius 2 is 1.61 bits per heavy atom. The van der Waals surface area contributed by atoms with Gasteiger partial charge in [0, 0.05) is 10.6 Å². The molecule has 0 aliphatic carbocycles. The van der Waals surface area contributed by atoms with Crippen LogP contribution in [0, 0.1) is 0 Å². The van der Waals surface area contributed by atoms with Crippen LogP contribution < -0.4 is 19.5 Å². The monoisotopic (exact) mass is 503 g/mol. The van der Waals surface area contributed by atoms with Crippen molar-refractivity contribution in [3.8, 4) is 28.7 Å². The molecule has 1 amide bonds. The molecule has 0 saturated carbocycles. The minimum Gasteiger partial charge on any atom is -0.493 e. The fraction of sp³-hybridized carbons (Fsp3) is 0.211. The van der Waals surface area contributed by atoms with Gasteiger partial charge in [-0.05, 0) is 24.3 Å². The van der Waals surface area contributed by atoms with Gasteiger partial charge in [-0.25, -0.2) is 0 Å². The molecule has 1 aromatic heterocycles. The summed E-state index contributed by atoms with van der Waals surface area (Å²) in [5, 5.41) is 11.6. The number of amides is 1. The number of hydrogen-bond acceptors (Lipinski definition) is 8. The van der Waals surface area contributed by atoms with Crippen molar-refractivity contribution < 1.29 is 23.4 Å². The second-order valence-corrected chi connectivity index (χ2v) is 8.05. The van der Waals surface area contributed by atoms with Crippen molar-refractivity contribution in [1.82, 2.24) is 10.2 Å². The highest BCUT2D eigenvalue weighted by Gasteiger charge is 2.18. The van der Waals surface area contributed by atoms with Crippen molar-refractivity contribution in [3.63, 3.8) is 0 Å². The molecule has 0 fully saturated rings. The van der Waals surface area contributed by atoms with Crippen LogP contribution in [0.15, 0.2) is 33.9 Å². The molecule has 31 heavy (non-hydrogen) atoms. The van der Waals surface area contributed by atoms with E-state index in [9.17, 15) is 4.79 Å². The first-order valence-electron chi connectivity index (χ1n) is 8.57. The van der Waals surface area contributed by atoms with Crippen LogP contribution >= 0.6 is 46.6 Å². The second kappa shape index (κ2) is 10.3. The normalized spacial score (nSPS) is 10.6.